The third kappa shape index (κ3) is 9.51. The van der Waals surface area contributed by atoms with Crippen LogP contribution >= 0.6 is 0 Å². The molecule has 206 valence electrons. The minimum Gasteiger partial charge on any atom is -0.508 e. The van der Waals surface area contributed by atoms with E-state index in [0.29, 0.717) is 11.3 Å². The lowest BCUT2D eigenvalue weighted by Gasteiger charge is -2.24. The zero-order valence-electron chi connectivity index (χ0n) is 20.3. The molecule has 4 unspecified atom stereocenters. The maximum absolute atomic E-state index is 12.9. The molecular formula is C23H31N7O8. The first-order valence-electron chi connectivity index (χ1n) is 11.5. The highest BCUT2D eigenvalue weighted by Crippen LogP contribution is 2.11. The van der Waals surface area contributed by atoms with Gasteiger partial charge in [0.15, 0.2) is 0 Å². The Hall–Kier alpha value is -4.50. The van der Waals surface area contributed by atoms with Crippen LogP contribution < -0.4 is 27.4 Å². The van der Waals surface area contributed by atoms with Gasteiger partial charge in [-0.05, 0) is 30.5 Å². The number of aromatic nitrogens is 2. The van der Waals surface area contributed by atoms with Crippen LogP contribution in [0.25, 0.3) is 0 Å². The fraction of sp³-hybridized carbons (Fsp3) is 0.391. The SMILES string of the molecule is NC(=O)CCC(NC(=O)C(N)Cc1ccc(O)cc1)C(=O)NC(CO)C(=O)NC(Cc1cnc[nH]1)C(=O)O. The summed E-state index contributed by atoms with van der Waals surface area (Å²) in [4.78, 5) is 67.5. The highest BCUT2D eigenvalue weighted by atomic mass is 16.4. The molecule has 2 rings (SSSR count). The van der Waals surface area contributed by atoms with E-state index in [1.54, 1.807) is 12.1 Å². The van der Waals surface area contributed by atoms with E-state index in [4.69, 9.17) is 11.5 Å². The third-order valence-corrected chi connectivity index (χ3v) is 5.45. The average Bonchev–Trinajstić information content (AvgIpc) is 3.38. The molecule has 0 saturated carbocycles. The number of carbonyl (C=O) groups is 5. The van der Waals surface area contributed by atoms with E-state index in [-0.39, 0.29) is 31.4 Å². The number of amides is 4. The van der Waals surface area contributed by atoms with Crippen molar-refractivity contribution in [3.8, 4) is 5.75 Å². The average molecular weight is 534 g/mol. The van der Waals surface area contributed by atoms with Crippen molar-refractivity contribution in [2.24, 2.45) is 11.5 Å². The molecule has 4 atom stereocenters. The summed E-state index contributed by atoms with van der Waals surface area (Å²) in [5.74, 6) is -4.72. The first-order valence-corrected chi connectivity index (χ1v) is 11.5. The molecule has 1 aromatic heterocycles. The van der Waals surface area contributed by atoms with Gasteiger partial charge in [-0.2, -0.15) is 0 Å². The molecule has 0 saturated heterocycles. The maximum Gasteiger partial charge on any atom is 0.326 e. The predicted octanol–water partition coefficient (Wildman–Crippen LogP) is -2.98. The Bertz CT molecular complexity index is 1110. The number of aromatic hydroxyl groups is 1. The van der Waals surface area contributed by atoms with Crippen molar-refractivity contribution in [2.45, 2.75) is 49.9 Å². The fourth-order valence-electron chi connectivity index (χ4n) is 3.37. The van der Waals surface area contributed by atoms with Gasteiger partial charge < -0.3 is 47.7 Å². The Morgan fingerprint density at radius 3 is 2.08 bits per heavy atom. The van der Waals surface area contributed by atoms with Crippen LogP contribution in [0.2, 0.25) is 0 Å². The number of nitrogens with zero attached hydrogens (tertiary/aromatic N) is 1. The first kappa shape index (κ1) is 29.7. The topological polar surface area (TPSA) is 263 Å². The molecule has 0 fully saturated rings. The van der Waals surface area contributed by atoms with E-state index in [2.05, 4.69) is 25.9 Å². The molecule has 15 nitrogen and oxygen atoms in total. The normalized spacial score (nSPS) is 13.9. The molecule has 0 spiro atoms. The van der Waals surface area contributed by atoms with Gasteiger partial charge in [0, 0.05) is 24.7 Å². The standard InChI is InChI=1S/C23H31N7O8/c24-15(7-12-1-3-14(32)4-2-12)20(34)28-16(5-6-19(25)33)21(35)30-18(10-31)22(36)29-17(23(37)38)8-13-9-26-11-27-13/h1-4,9,11,15-18,31-32H,5-8,10,24H2,(H2,25,33)(H,26,27)(H,28,34)(H,29,36)(H,30,35)(H,37,38). The van der Waals surface area contributed by atoms with E-state index in [1.807, 2.05) is 0 Å². The minimum absolute atomic E-state index is 0.0356. The largest absolute Gasteiger partial charge is 0.508 e. The molecule has 11 N–H and O–H groups in total. The molecule has 0 aliphatic carbocycles. The predicted molar refractivity (Wildman–Crippen MR) is 131 cm³/mol. The van der Waals surface area contributed by atoms with E-state index in [1.165, 1.54) is 24.7 Å². The summed E-state index contributed by atoms with van der Waals surface area (Å²) in [5, 5.41) is 35.4. The second-order valence-corrected chi connectivity index (χ2v) is 8.47. The van der Waals surface area contributed by atoms with Crippen LogP contribution in [-0.2, 0) is 36.8 Å². The van der Waals surface area contributed by atoms with Gasteiger partial charge in [-0.15, -0.1) is 0 Å². The Morgan fingerprint density at radius 1 is 0.921 bits per heavy atom. The lowest BCUT2D eigenvalue weighted by Crippen LogP contribution is -2.58. The van der Waals surface area contributed by atoms with Crippen molar-refractivity contribution in [2.75, 3.05) is 6.61 Å². The Balaban J connectivity index is 2.05. The molecule has 1 heterocycles. The number of imidazole rings is 1. The van der Waals surface area contributed by atoms with E-state index < -0.39 is 60.4 Å². The molecule has 0 aliphatic rings. The second-order valence-electron chi connectivity index (χ2n) is 8.47. The molecule has 1 aromatic carbocycles. The quantitative estimate of drug-likeness (QED) is 0.112. The molecule has 2 aromatic rings. The van der Waals surface area contributed by atoms with Crippen LogP contribution in [0.4, 0.5) is 0 Å². The summed E-state index contributed by atoms with van der Waals surface area (Å²) in [6.07, 6.45) is 2.15. The van der Waals surface area contributed by atoms with Gasteiger partial charge in [0.2, 0.25) is 23.6 Å². The van der Waals surface area contributed by atoms with Gasteiger partial charge in [0.1, 0.15) is 23.9 Å². The molecule has 0 aliphatic heterocycles. The lowest BCUT2D eigenvalue weighted by atomic mass is 10.0. The number of nitrogens with one attached hydrogen (secondary N) is 4. The summed E-state index contributed by atoms with van der Waals surface area (Å²) in [5.41, 5.74) is 12.2. The number of hydrogen-bond acceptors (Lipinski definition) is 9. The van der Waals surface area contributed by atoms with Gasteiger partial charge in [0.05, 0.1) is 19.0 Å². The van der Waals surface area contributed by atoms with Crippen molar-refractivity contribution >= 4 is 29.6 Å². The van der Waals surface area contributed by atoms with Crippen LogP contribution in [0.3, 0.4) is 0 Å². The van der Waals surface area contributed by atoms with Crippen LogP contribution in [-0.4, -0.2) is 85.7 Å². The van der Waals surface area contributed by atoms with Crippen molar-refractivity contribution in [1.82, 2.24) is 25.9 Å². The number of aromatic amines is 1. The van der Waals surface area contributed by atoms with Gasteiger partial charge in [-0.25, -0.2) is 9.78 Å². The monoisotopic (exact) mass is 533 g/mol. The Morgan fingerprint density at radius 2 is 1.53 bits per heavy atom. The number of aliphatic carboxylic acids is 1. The summed E-state index contributed by atoms with van der Waals surface area (Å²) in [7, 11) is 0. The number of carbonyl (C=O) groups excluding carboxylic acids is 4. The lowest BCUT2D eigenvalue weighted by molar-refractivity contribution is -0.142. The number of H-pyrrole nitrogens is 1. The molecule has 15 heteroatoms. The zero-order chi connectivity index (χ0) is 28.2. The van der Waals surface area contributed by atoms with Gasteiger partial charge in [-0.1, -0.05) is 12.1 Å². The van der Waals surface area contributed by atoms with Crippen LogP contribution in [0, 0.1) is 0 Å². The van der Waals surface area contributed by atoms with E-state index in [9.17, 15) is 39.3 Å². The van der Waals surface area contributed by atoms with Gasteiger partial charge in [-0.3, -0.25) is 19.2 Å². The second kappa shape index (κ2) is 14.3. The number of phenolic OH excluding ortho intramolecular Hbond substituents is 1. The summed E-state index contributed by atoms with van der Waals surface area (Å²) in [6, 6.07) is 0.589. The molecule has 0 radical (unpaired) electrons. The van der Waals surface area contributed by atoms with Crippen molar-refractivity contribution in [3.63, 3.8) is 0 Å². The van der Waals surface area contributed by atoms with Crippen molar-refractivity contribution in [1.29, 1.82) is 0 Å². The van der Waals surface area contributed by atoms with Crippen molar-refractivity contribution < 1.29 is 39.3 Å². The van der Waals surface area contributed by atoms with E-state index >= 15 is 0 Å². The smallest absolute Gasteiger partial charge is 0.326 e. The number of aliphatic hydroxyl groups excluding tert-OH is 1. The van der Waals surface area contributed by atoms with E-state index in [0.717, 1.165) is 0 Å². The molecule has 0 bridgehead atoms. The maximum atomic E-state index is 12.9. The number of nitrogens with two attached hydrogens (primary N) is 2. The summed E-state index contributed by atoms with van der Waals surface area (Å²) >= 11 is 0. The Labute approximate surface area is 217 Å². The third-order valence-electron chi connectivity index (χ3n) is 5.45. The summed E-state index contributed by atoms with van der Waals surface area (Å²) in [6.45, 7) is -0.884. The number of rotatable bonds is 15. The first-order chi connectivity index (χ1) is 18.0. The fourth-order valence-corrected chi connectivity index (χ4v) is 3.37. The number of aliphatic hydroxyl groups is 1. The van der Waals surface area contributed by atoms with Gasteiger partial charge in [0.25, 0.3) is 0 Å². The van der Waals surface area contributed by atoms with Crippen LogP contribution in [0.1, 0.15) is 24.1 Å². The molecule has 4 amide bonds. The van der Waals surface area contributed by atoms with Gasteiger partial charge >= 0.3 is 5.97 Å². The zero-order valence-corrected chi connectivity index (χ0v) is 20.3. The minimum atomic E-state index is -1.57. The number of carboxylic acids is 1. The molecular weight excluding hydrogens is 502 g/mol. The number of phenols is 1. The summed E-state index contributed by atoms with van der Waals surface area (Å²) < 4.78 is 0. The number of primary amides is 1. The Kier molecular flexibility index (Phi) is 11.2. The van der Waals surface area contributed by atoms with Crippen molar-refractivity contribution in [3.05, 3.63) is 48.0 Å². The highest BCUT2D eigenvalue weighted by Gasteiger charge is 2.30. The van der Waals surface area contributed by atoms with Crippen LogP contribution in [0.15, 0.2) is 36.8 Å². The molecule has 38 heavy (non-hydrogen) atoms. The highest BCUT2D eigenvalue weighted by molar-refractivity contribution is 5.94. The number of hydrogen-bond donors (Lipinski definition) is 9. The number of carboxylic acid groups (broad SMARTS) is 1. The van der Waals surface area contributed by atoms with Crippen LogP contribution in [0.5, 0.6) is 5.75 Å². The number of benzene rings is 1.